The highest BCUT2D eigenvalue weighted by atomic mass is 16.3. The van der Waals surface area contributed by atoms with Crippen molar-refractivity contribution in [3.05, 3.63) is 0 Å². The molecule has 0 spiro atoms. The third-order valence-electron chi connectivity index (χ3n) is 2.42. The average Bonchev–Trinajstić information content (AvgIpc) is 2.27. The molecular weight excluding hydrogens is 152 g/mol. The number of aliphatic hydroxyl groups excluding tert-OH is 1. The summed E-state index contributed by atoms with van der Waals surface area (Å²) >= 11 is 0. The van der Waals surface area contributed by atoms with Crippen molar-refractivity contribution in [1.82, 2.24) is 5.32 Å². The topological polar surface area (TPSA) is 56.0 Å². The molecule has 3 nitrogen and oxygen atoms in total. The van der Waals surface area contributed by atoms with Crippen LogP contribution in [0.25, 0.3) is 0 Å². The second-order valence-corrected chi connectivity index (χ2v) is 3.35. The van der Waals surface area contributed by atoms with Crippen LogP contribution in [-0.4, -0.2) is 23.8 Å². The molecule has 68 valence electrons. The van der Waals surface area contributed by atoms with Gasteiger partial charge in [0, 0.05) is 6.04 Å². The Bertz CT molecular complexity index is 164. The summed E-state index contributed by atoms with van der Waals surface area (Å²) in [5.41, 5.74) is 0. The molecule has 1 aliphatic carbocycles. The standard InChI is InChI=1S/C9H16N2O/c10-6-7-11-8-4-2-1-3-5-9(8)12/h8-9,11-12H,1-5,7H2. The summed E-state index contributed by atoms with van der Waals surface area (Å²) in [5.74, 6) is 0. The van der Waals surface area contributed by atoms with Crippen molar-refractivity contribution in [2.45, 2.75) is 44.2 Å². The van der Waals surface area contributed by atoms with Crippen molar-refractivity contribution in [3.8, 4) is 6.07 Å². The number of nitrogens with zero attached hydrogens (tertiary/aromatic N) is 1. The molecule has 1 saturated carbocycles. The molecule has 3 heteroatoms. The van der Waals surface area contributed by atoms with E-state index in [0.717, 1.165) is 19.3 Å². The van der Waals surface area contributed by atoms with E-state index in [1.165, 1.54) is 12.8 Å². The van der Waals surface area contributed by atoms with Gasteiger partial charge in [-0.05, 0) is 12.8 Å². The molecule has 2 N–H and O–H groups in total. The molecule has 0 aromatic carbocycles. The van der Waals surface area contributed by atoms with E-state index in [2.05, 4.69) is 5.32 Å². The predicted octanol–water partition coefficient (Wildman–Crippen LogP) is 0.793. The predicted molar refractivity (Wildman–Crippen MR) is 46.5 cm³/mol. The van der Waals surface area contributed by atoms with Crippen molar-refractivity contribution in [2.75, 3.05) is 6.54 Å². The minimum Gasteiger partial charge on any atom is -0.392 e. The highest BCUT2D eigenvalue weighted by molar-refractivity contribution is 4.83. The Labute approximate surface area is 73.4 Å². The zero-order valence-electron chi connectivity index (χ0n) is 7.29. The molecule has 0 aliphatic heterocycles. The SMILES string of the molecule is N#CCNC1CCCCCC1O. The van der Waals surface area contributed by atoms with Crippen molar-refractivity contribution in [1.29, 1.82) is 5.26 Å². The molecule has 2 atom stereocenters. The molecule has 0 amide bonds. The summed E-state index contributed by atoms with van der Waals surface area (Å²) in [7, 11) is 0. The van der Waals surface area contributed by atoms with Crippen LogP contribution in [0.15, 0.2) is 0 Å². The lowest BCUT2D eigenvalue weighted by Crippen LogP contribution is -2.39. The van der Waals surface area contributed by atoms with Crippen molar-refractivity contribution < 1.29 is 5.11 Å². The molecular formula is C9H16N2O. The molecule has 2 unspecified atom stereocenters. The Morgan fingerprint density at radius 2 is 2.08 bits per heavy atom. The normalized spacial score (nSPS) is 30.7. The van der Waals surface area contributed by atoms with E-state index in [1.54, 1.807) is 0 Å². The lowest BCUT2D eigenvalue weighted by molar-refractivity contribution is 0.122. The maximum Gasteiger partial charge on any atom is 0.0843 e. The maximum absolute atomic E-state index is 9.60. The number of nitrogens with one attached hydrogen (secondary N) is 1. The zero-order chi connectivity index (χ0) is 8.81. The van der Waals surface area contributed by atoms with Gasteiger partial charge in [-0.1, -0.05) is 19.3 Å². The fourth-order valence-electron chi connectivity index (χ4n) is 1.70. The van der Waals surface area contributed by atoms with E-state index in [-0.39, 0.29) is 12.1 Å². The van der Waals surface area contributed by atoms with E-state index in [1.807, 2.05) is 6.07 Å². The molecule has 1 rings (SSSR count). The minimum absolute atomic E-state index is 0.146. The Kier molecular flexibility index (Phi) is 4.06. The first kappa shape index (κ1) is 9.50. The van der Waals surface area contributed by atoms with E-state index in [9.17, 15) is 5.11 Å². The highest BCUT2D eigenvalue weighted by Gasteiger charge is 2.20. The van der Waals surface area contributed by atoms with Gasteiger partial charge in [-0.3, -0.25) is 5.32 Å². The molecule has 0 aromatic heterocycles. The first-order valence-electron chi connectivity index (χ1n) is 4.63. The van der Waals surface area contributed by atoms with Crippen LogP contribution in [0.5, 0.6) is 0 Å². The molecule has 0 bridgehead atoms. The maximum atomic E-state index is 9.60. The third kappa shape index (κ3) is 2.80. The molecule has 0 aromatic rings. The molecule has 1 aliphatic rings. The monoisotopic (exact) mass is 168 g/mol. The van der Waals surface area contributed by atoms with Crippen LogP contribution in [-0.2, 0) is 0 Å². The van der Waals surface area contributed by atoms with Crippen molar-refractivity contribution in [3.63, 3.8) is 0 Å². The molecule has 12 heavy (non-hydrogen) atoms. The largest absolute Gasteiger partial charge is 0.392 e. The van der Waals surface area contributed by atoms with Crippen LogP contribution in [0.4, 0.5) is 0 Å². The molecule has 0 radical (unpaired) electrons. The van der Waals surface area contributed by atoms with Crippen LogP contribution in [0, 0.1) is 11.3 Å². The first-order chi connectivity index (χ1) is 5.84. The van der Waals surface area contributed by atoms with Gasteiger partial charge in [0.25, 0.3) is 0 Å². The number of rotatable bonds is 2. The van der Waals surface area contributed by atoms with Gasteiger partial charge >= 0.3 is 0 Å². The summed E-state index contributed by atoms with van der Waals surface area (Å²) < 4.78 is 0. The second kappa shape index (κ2) is 5.13. The van der Waals surface area contributed by atoms with Crippen molar-refractivity contribution in [2.24, 2.45) is 0 Å². The van der Waals surface area contributed by atoms with Gasteiger partial charge in [0.05, 0.1) is 18.7 Å². The second-order valence-electron chi connectivity index (χ2n) is 3.35. The summed E-state index contributed by atoms with van der Waals surface area (Å²) in [5, 5.41) is 21.0. The Hall–Kier alpha value is -0.590. The molecule has 0 heterocycles. The van der Waals surface area contributed by atoms with E-state index < -0.39 is 0 Å². The van der Waals surface area contributed by atoms with Crippen LogP contribution in [0.2, 0.25) is 0 Å². The van der Waals surface area contributed by atoms with Crippen LogP contribution in [0.1, 0.15) is 32.1 Å². The summed E-state index contributed by atoms with van der Waals surface area (Å²) in [4.78, 5) is 0. The van der Waals surface area contributed by atoms with Gasteiger partial charge in [-0.2, -0.15) is 5.26 Å². The summed E-state index contributed by atoms with van der Waals surface area (Å²) in [6.07, 6.45) is 5.13. The van der Waals surface area contributed by atoms with Crippen LogP contribution in [0.3, 0.4) is 0 Å². The van der Waals surface area contributed by atoms with E-state index in [4.69, 9.17) is 5.26 Å². The quantitative estimate of drug-likeness (QED) is 0.473. The van der Waals surface area contributed by atoms with Gasteiger partial charge in [-0.15, -0.1) is 0 Å². The highest BCUT2D eigenvalue weighted by Crippen LogP contribution is 2.17. The van der Waals surface area contributed by atoms with Crippen LogP contribution < -0.4 is 5.32 Å². The van der Waals surface area contributed by atoms with Gasteiger partial charge in [0.1, 0.15) is 0 Å². The van der Waals surface area contributed by atoms with Gasteiger partial charge in [-0.25, -0.2) is 0 Å². The van der Waals surface area contributed by atoms with Gasteiger partial charge < -0.3 is 5.11 Å². The minimum atomic E-state index is -0.249. The van der Waals surface area contributed by atoms with Crippen molar-refractivity contribution >= 4 is 0 Å². The Balaban J connectivity index is 2.32. The Morgan fingerprint density at radius 1 is 1.33 bits per heavy atom. The number of aliphatic hydroxyl groups is 1. The van der Waals surface area contributed by atoms with Gasteiger partial charge in [0.15, 0.2) is 0 Å². The molecule has 0 saturated heterocycles. The summed E-state index contributed by atoms with van der Waals surface area (Å²) in [6, 6.07) is 2.18. The Morgan fingerprint density at radius 3 is 2.83 bits per heavy atom. The molecule has 1 fully saturated rings. The lowest BCUT2D eigenvalue weighted by Gasteiger charge is -2.19. The van der Waals surface area contributed by atoms with E-state index >= 15 is 0 Å². The summed E-state index contributed by atoms with van der Waals surface area (Å²) in [6.45, 7) is 0.349. The van der Waals surface area contributed by atoms with E-state index in [0.29, 0.717) is 6.54 Å². The number of nitriles is 1. The fraction of sp³-hybridized carbons (Fsp3) is 0.889. The first-order valence-corrected chi connectivity index (χ1v) is 4.63. The lowest BCUT2D eigenvalue weighted by atomic mass is 10.1. The third-order valence-corrected chi connectivity index (χ3v) is 2.42. The smallest absolute Gasteiger partial charge is 0.0843 e. The van der Waals surface area contributed by atoms with Crippen LogP contribution >= 0.6 is 0 Å². The van der Waals surface area contributed by atoms with Gasteiger partial charge in [0.2, 0.25) is 0 Å². The number of hydrogen-bond acceptors (Lipinski definition) is 3. The average molecular weight is 168 g/mol. The zero-order valence-corrected chi connectivity index (χ0v) is 7.29. The fourth-order valence-corrected chi connectivity index (χ4v) is 1.70. The number of hydrogen-bond donors (Lipinski definition) is 2.